The molecule has 1 heterocycles. The molecule has 0 aliphatic heterocycles. The first-order valence-electron chi connectivity index (χ1n) is 7.10. The first-order valence-corrected chi connectivity index (χ1v) is 7.47. The fraction of sp³-hybridized carbons (Fsp3) is 0.222. The molecule has 2 rings (SSSR count). The summed E-state index contributed by atoms with van der Waals surface area (Å²) in [5.74, 6) is 0.110. The van der Waals surface area contributed by atoms with Crippen molar-refractivity contribution in [3.63, 3.8) is 0 Å². The molecule has 0 unspecified atom stereocenters. The average Bonchev–Trinajstić information content (AvgIpc) is 2.52. The first kappa shape index (κ1) is 16.2. The zero-order chi connectivity index (χ0) is 15.9. The molecule has 0 bridgehead atoms. The second-order valence-corrected chi connectivity index (χ2v) is 5.64. The number of benzene rings is 1. The molecule has 2 aromatic rings. The van der Waals surface area contributed by atoms with Crippen molar-refractivity contribution in [2.75, 3.05) is 0 Å². The summed E-state index contributed by atoms with van der Waals surface area (Å²) < 4.78 is 5.14. The highest BCUT2D eigenvalue weighted by Gasteiger charge is 2.01. The van der Waals surface area contributed by atoms with Gasteiger partial charge in [-0.25, -0.2) is 9.78 Å². The molecule has 0 atom stereocenters. The Morgan fingerprint density at radius 3 is 2.55 bits per heavy atom. The number of aromatic nitrogens is 1. The number of pyridine rings is 1. The van der Waals surface area contributed by atoms with Gasteiger partial charge < -0.3 is 4.74 Å². The highest BCUT2D eigenvalue weighted by atomic mass is 35.5. The molecule has 0 saturated heterocycles. The van der Waals surface area contributed by atoms with Gasteiger partial charge in [0.25, 0.3) is 0 Å². The molecule has 0 amide bonds. The van der Waals surface area contributed by atoms with Crippen molar-refractivity contribution in [1.82, 2.24) is 4.98 Å². The van der Waals surface area contributed by atoms with E-state index in [1.54, 1.807) is 24.4 Å². The molecule has 0 spiro atoms. The molecule has 114 valence electrons. The zero-order valence-electron chi connectivity index (χ0n) is 12.6. The summed E-state index contributed by atoms with van der Waals surface area (Å²) in [7, 11) is 0. The molecular weight excluding hydrogens is 298 g/mol. The van der Waals surface area contributed by atoms with E-state index in [0.29, 0.717) is 11.1 Å². The maximum atomic E-state index is 11.7. The van der Waals surface area contributed by atoms with Gasteiger partial charge in [-0.3, -0.25) is 0 Å². The molecular formula is C18H18ClNO2. The summed E-state index contributed by atoms with van der Waals surface area (Å²) >= 11 is 5.69. The topological polar surface area (TPSA) is 39.2 Å². The standard InChI is InChI=1S/C18H18ClNO2/c1-13(2)16-7-3-14(4-8-16)6-10-18(21)22-12-15-5-9-17(19)20-11-15/h3-11,13H,12H2,1-2H3/b10-6+. The number of ether oxygens (including phenoxy) is 1. The Kier molecular flexibility index (Phi) is 5.73. The largest absolute Gasteiger partial charge is 0.458 e. The summed E-state index contributed by atoms with van der Waals surface area (Å²) in [5, 5.41) is 0.416. The fourth-order valence-electron chi connectivity index (χ4n) is 1.85. The second kappa shape index (κ2) is 7.76. The van der Waals surface area contributed by atoms with Crippen LogP contribution in [0.4, 0.5) is 0 Å². The van der Waals surface area contributed by atoms with Crippen LogP contribution in [0, 0.1) is 0 Å². The number of hydrogen-bond acceptors (Lipinski definition) is 3. The minimum Gasteiger partial charge on any atom is -0.458 e. The minimum atomic E-state index is -0.386. The van der Waals surface area contributed by atoms with Crippen LogP contribution >= 0.6 is 11.6 Å². The summed E-state index contributed by atoms with van der Waals surface area (Å²) in [6.07, 6.45) is 4.75. The number of esters is 1. The maximum absolute atomic E-state index is 11.7. The quantitative estimate of drug-likeness (QED) is 0.459. The van der Waals surface area contributed by atoms with Crippen LogP contribution < -0.4 is 0 Å². The van der Waals surface area contributed by atoms with Crippen molar-refractivity contribution in [2.24, 2.45) is 0 Å². The molecule has 22 heavy (non-hydrogen) atoms. The maximum Gasteiger partial charge on any atom is 0.331 e. The van der Waals surface area contributed by atoms with Crippen LogP contribution in [0.25, 0.3) is 6.08 Å². The van der Waals surface area contributed by atoms with Gasteiger partial charge >= 0.3 is 5.97 Å². The van der Waals surface area contributed by atoms with Gasteiger partial charge in [0.15, 0.2) is 0 Å². The third kappa shape index (κ3) is 5.01. The molecule has 0 aliphatic carbocycles. The van der Waals surface area contributed by atoms with E-state index in [9.17, 15) is 4.79 Å². The third-order valence-electron chi connectivity index (χ3n) is 3.18. The van der Waals surface area contributed by atoms with Gasteiger partial charge in [0.05, 0.1) is 0 Å². The van der Waals surface area contributed by atoms with Gasteiger partial charge in [0, 0.05) is 17.8 Å². The number of carbonyl (C=O) groups is 1. The van der Waals surface area contributed by atoms with Crippen LogP contribution in [-0.2, 0) is 16.1 Å². The summed E-state index contributed by atoms with van der Waals surface area (Å²) in [5.41, 5.74) is 3.04. The normalized spacial score (nSPS) is 11.1. The Hall–Kier alpha value is -2.13. The Balaban J connectivity index is 1.87. The van der Waals surface area contributed by atoms with Crippen LogP contribution in [0.2, 0.25) is 5.15 Å². The SMILES string of the molecule is CC(C)c1ccc(/C=C/C(=O)OCc2ccc(Cl)nc2)cc1. The van der Waals surface area contributed by atoms with Crippen molar-refractivity contribution < 1.29 is 9.53 Å². The van der Waals surface area contributed by atoms with E-state index >= 15 is 0 Å². The van der Waals surface area contributed by atoms with E-state index in [1.807, 2.05) is 12.1 Å². The Bertz CT molecular complexity index is 646. The van der Waals surface area contributed by atoms with Gasteiger partial charge in [-0.05, 0) is 29.2 Å². The van der Waals surface area contributed by atoms with Gasteiger partial charge in [0.2, 0.25) is 0 Å². The molecule has 0 N–H and O–H groups in total. The van der Waals surface area contributed by atoms with Crippen molar-refractivity contribution in [2.45, 2.75) is 26.4 Å². The lowest BCUT2D eigenvalue weighted by atomic mass is 10.0. The van der Waals surface area contributed by atoms with Crippen LogP contribution in [0.3, 0.4) is 0 Å². The molecule has 0 fully saturated rings. The first-order chi connectivity index (χ1) is 10.5. The number of halogens is 1. The minimum absolute atomic E-state index is 0.180. The Morgan fingerprint density at radius 2 is 1.95 bits per heavy atom. The van der Waals surface area contributed by atoms with Gasteiger partial charge in [0.1, 0.15) is 11.8 Å². The van der Waals surface area contributed by atoms with E-state index < -0.39 is 0 Å². The summed E-state index contributed by atoms with van der Waals surface area (Å²) in [6, 6.07) is 11.5. The van der Waals surface area contributed by atoms with E-state index in [1.165, 1.54) is 11.6 Å². The highest BCUT2D eigenvalue weighted by Crippen LogP contribution is 2.15. The van der Waals surface area contributed by atoms with Gasteiger partial charge in [-0.2, -0.15) is 0 Å². The van der Waals surface area contributed by atoms with Crippen molar-refractivity contribution in [1.29, 1.82) is 0 Å². The highest BCUT2D eigenvalue weighted by molar-refractivity contribution is 6.29. The molecule has 1 aromatic carbocycles. The Morgan fingerprint density at radius 1 is 1.23 bits per heavy atom. The van der Waals surface area contributed by atoms with E-state index in [0.717, 1.165) is 11.1 Å². The molecule has 0 saturated carbocycles. The van der Waals surface area contributed by atoms with Crippen LogP contribution in [0.1, 0.15) is 36.5 Å². The number of carbonyl (C=O) groups excluding carboxylic acids is 1. The van der Waals surface area contributed by atoms with Crippen molar-refractivity contribution >= 4 is 23.6 Å². The molecule has 4 heteroatoms. The van der Waals surface area contributed by atoms with Crippen LogP contribution in [0.5, 0.6) is 0 Å². The van der Waals surface area contributed by atoms with E-state index in [-0.39, 0.29) is 12.6 Å². The number of rotatable bonds is 5. The van der Waals surface area contributed by atoms with Crippen LogP contribution in [-0.4, -0.2) is 11.0 Å². The fourth-order valence-corrected chi connectivity index (χ4v) is 1.96. The smallest absolute Gasteiger partial charge is 0.331 e. The molecule has 0 aliphatic rings. The second-order valence-electron chi connectivity index (χ2n) is 5.25. The van der Waals surface area contributed by atoms with Gasteiger partial charge in [-0.1, -0.05) is 55.8 Å². The predicted molar refractivity (Wildman–Crippen MR) is 88.6 cm³/mol. The molecule has 3 nitrogen and oxygen atoms in total. The van der Waals surface area contributed by atoms with Crippen molar-refractivity contribution in [3.05, 3.63) is 70.5 Å². The lowest BCUT2D eigenvalue weighted by Gasteiger charge is -2.04. The number of hydrogen-bond donors (Lipinski definition) is 0. The lowest BCUT2D eigenvalue weighted by Crippen LogP contribution is -2.01. The predicted octanol–water partition coefficient (Wildman–Crippen LogP) is 4.62. The summed E-state index contributed by atoms with van der Waals surface area (Å²) in [6.45, 7) is 4.47. The number of nitrogens with zero attached hydrogens (tertiary/aromatic N) is 1. The zero-order valence-corrected chi connectivity index (χ0v) is 13.4. The Labute approximate surface area is 135 Å². The molecule has 1 aromatic heterocycles. The average molecular weight is 316 g/mol. The summed E-state index contributed by atoms with van der Waals surface area (Å²) in [4.78, 5) is 15.6. The monoisotopic (exact) mass is 315 g/mol. The van der Waals surface area contributed by atoms with Gasteiger partial charge in [-0.15, -0.1) is 0 Å². The molecule has 0 radical (unpaired) electrons. The van der Waals surface area contributed by atoms with E-state index in [4.69, 9.17) is 16.3 Å². The van der Waals surface area contributed by atoms with Crippen LogP contribution in [0.15, 0.2) is 48.7 Å². The van der Waals surface area contributed by atoms with Crippen molar-refractivity contribution in [3.8, 4) is 0 Å². The van der Waals surface area contributed by atoms with E-state index in [2.05, 4.69) is 31.0 Å². The third-order valence-corrected chi connectivity index (χ3v) is 3.41. The lowest BCUT2D eigenvalue weighted by molar-refractivity contribution is -0.138.